The van der Waals surface area contributed by atoms with Gasteiger partial charge in [0, 0.05) is 23.7 Å². The minimum atomic E-state index is -0.603. The van der Waals surface area contributed by atoms with Crippen molar-refractivity contribution in [3.05, 3.63) is 83.8 Å². The predicted octanol–water partition coefficient (Wildman–Crippen LogP) is 4.68. The number of rotatable bonds is 8. The zero-order valence-corrected chi connectivity index (χ0v) is 21.6. The molecule has 3 heterocycles. The number of nitrogens with zero attached hydrogens (tertiary/aromatic N) is 4. The number of anilines is 2. The number of para-hydroxylation sites is 2. The van der Waals surface area contributed by atoms with Crippen LogP contribution in [-0.2, 0) is 4.79 Å². The molecule has 4 aromatic rings. The van der Waals surface area contributed by atoms with Gasteiger partial charge in [0.25, 0.3) is 5.91 Å². The number of allylic oxidation sites excluding steroid dienone is 1. The number of benzene rings is 2. The summed E-state index contributed by atoms with van der Waals surface area (Å²) >= 11 is 0. The minimum absolute atomic E-state index is 0.302. The highest BCUT2D eigenvalue weighted by atomic mass is 16.5. The average molecular weight is 513 g/mol. The van der Waals surface area contributed by atoms with Gasteiger partial charge in [-0.3, -0.25) is 9.78 Å². The molecule has 2 aromatic carbocycles. The largest absolute Gasteiger partial charge is 0.495 e. The summed E-state index contributed by atoms with van der Waals surface area (Å²) in [6.07, 6.45) is 3.38. The highest BCUT2D eigenvalue weighted by Gasteiger charge is 2.35. The second kappa shape index (κ2) is 10.6. The van der Waals surface area contributed by atoms with Crippen LogP contribution < -0.4 is 24.8 Å². The Bertz CT molecular complexity index is 1500. The molecule has 2 N–H and O–H groups in total. The molecule has 5 rings (SSSR count). The lowest BCUT2D eigenvalue weighted by Gasteiger charge is -2.29. The quantitative estimate of drug-likeness (QED) is 0.350. The fourth-order valence-electron chi connectivity index (χ4n) is 4.44. The van der Waals surface area contributed by atoms with Gasteiger partial charge in [-0.05, 0) is 55.8 Å². The molecular formula is C28H28N6O4. The average Bonchev–Trinajstić information content (AvgIpc) is 3.37. The molecule has 38 heavy (non-hydrogen) atoms. The van der Waals surface area contributed by atoms with E-state index in [1.807, 2.05) is 56.3 Å². The third kappa shape index (κ3) is 4.63. The normalized spacial score (nSPS) is 14.4. The van der Waals surface area contributed by atoms with Crippen molar-refractivity contribution < 1.29 is 19.0 Å². The molecular weight excluding hydrogens is 484 g/mol. The standard InChI is InChI=1S/C28H28N6O4/c1-5-38-22-11-10-19(16-23(22)37-4)25-24(27(35)31-20-8-6-7-9-21(20)36-3)17(2)30-28-32-26(33-34(25)28)18-12-14-29-15-13-18/h6-16,25H,5H2,1-4H3,(H,31,35)(H,30,32,33). The maximum Gasteiger partial charge on any atom is 0.255 e. The van der Waals surface area contributed by atoms with E-state index in [0.717, 1.165) is 11.1 Å². The maximum absolute atomic E-state index is 13.9. The van der Waals surface area contributed by atoms with Gasteiger partial charge < -0.3 is 24.8 Å². The van der Waals surface area contributed by atoms with E-state index in [-0.39, 0.29) is 5.91 Å². The Morgan fingerprint density at radius 1 is 1.03 bits per heavy atom. The lowest BCUT2D eigenvalue weighted by molar-refractivity contribution is -0.113. The van der Waals surface area contributed by atoms with Gasteiger partial charge in [-0.15, -0.1) is 5.10 Å². The second-order valence-electron chi connectivity index (χ2n) is 8.50. The number of pyridine rings is 1. The highest BCUT2D eigenvalue weighted by molar-refractivity contribution is 6.06. The van der Waals surface area contributed by atoms with Gasteiger partial charge in [0.05, 0.1) is 32.1 Å². The first-order chi connectivity index (χ1) is 18.5. The zero-order valence-electron chi connectivity index (χ0n) is 21.6. The van der Waals surface area contributed by atoms with E-state index in [1.165, 1.54) is 0 Å². The smallest absolute Gasteiger partial charge is 0.255 e. The molecule has 0 saturated carbocycles. The van der Waals surface area contributed by atoms with Crippen LogP contribution in [0.3, 0.4) is 0 Å². The van der Waals surface area contributed by atoms with Crippen LogP contribution in [0.1, 0.15) is 25.5 Å². The Kier molecular flexibility index (Phi) is 6.94. The number of nitrogens with one attached hydrogen (secondary N) is 2. The number of methoxy groups -OCH3 is 2. The summed E-state index contributed by atoms with van der Waals surface area (Å²) in [5.41, 5.74) is 3.27. The number of amides is 1. The highest BCUT2D eigenvalue weighted by Crippen LogP contribution is 2.40. The molecule has 2 aromatic heterocycles. The number of carbonyl (C=O) groups excluding carboxylic acids is 1. The van der Waals surface area contributed by atoms with Crippen molar-refractivity contribution in [2.75, 3.05) is 31.5 Å². The van der Waals surface area contributed by atoms with Crippen LogP contribution in [0.2, 0.25) is 0 Å². The van der Waals surface area contributed by atoms with Gasteiger partial charge in [-0.2, -0.15) is 4.98 Å². The lowest BCUT2D eigenvalue weighted by atomic mass is 9.94. The van der Waals surface area contributed by atoms with E-state index >= 15 is 0 Å². The van der Waals surface area contributed by atoms with E-state index < -0.39 is 6.04 Å². The van der Waals surface area contributed by atoms with Gasteiger partial charge in [-0.1, -0.05) is 18.2 Å². The van der Waals surface area contributed by atoms with Crippen LogP contribution >= 0.6 is 0 Å². The monoisotopic (exact) mass is 512 g/mol. The van der Waals surface area contributed by atoms with Crippen molar-refractivity contribution in [2.24, 2.45) is 0 Å². The van der Waals surface area contributed by atoms with E-state index in [9.17, 15) is 4.79 Å². The summed E-state index contributed by atoms with van der Waals surface area (Å²) in [6, 6.07) is 16.0. The summed E-state index contributed by atoms with van der Waals surface area (Å²) in [6.45, 7) is 4.26. The molecule has 0 aliphatic carbocycles. The van der Waals surface area contributed by atoms with E-state index in [1.54, 1.807) is 43.4 Å². The Morgan fingerprint density at radius 2 is 1.79 bits per heavy atom. The van der Waals surface area contributed by atoms with Gasteiger partial charge in [-0.25, -0.2) is 4.68 Å². The summed E-state index contributed by atoms with van der Waals surface area (Å²) in [4.78, 5) is 22.6. The molecule has 1 aliphatic heterocycles. The zero-order chi connectivity index (χ0) is 26.6. The van der Waals surface area contributed by atoms with Crippen molar-refractivity contribution >= 4 is 17.5 Å². The number of aromatic nitrogens is 4. The van der Waals surface area contributed by atoms with Crippen LogP contribution in [0.5, 0.6) is 17.2 Å². The summed E-state index contributed by atoms with van der Waals surface area (Å²) in [5, 5.41) is 11.1. The number of hydrogen-bond acceptors (Lipinski definition) is 8. The number of fused-ring (bicyclic) bond motifs is 1. The SMILES string of the molecule is CCOc1ccc(C2C(C(=O)Nc3ccccc3OC)=C(C)Nc3nc(-c4ccncc4)nn32)cc1OC. The number of carbonyl (C=O) groups is 1. The van der Waals surface area contributed by atoms with E-state index in [2.05, 4.69) is 15.6 Å². The second-order valence-corrected chi connectivity index (χ2v) is 8.50. The maximum atomic E-state index is 13.9. The molecule has 0 saturated heterocycles. The summed E-state index contributed by atoms with van der Waals surface area (Å²) in [5.74, 6) is 2.45. The van der Waals surface area contributed by atoms with Crippen molar-refractivity contribution in [2.45, 2.75) is 19.9 Å². The van der Waals surface area contributed by atoms with Crippen molar-refractivity contribution in [3.8, 4) is 28.6 Å². The molecule has 1 unspecified atom stereocenters. The first kappa shape index (κ1) is 24.8. The van der Waals surface area contributed by atoms with Gasteiger partial charge in [0.15, 0.2) is 17.3 Å². The minimum Gasteiger partial charge on any atom is -0.495 e. The van der Waals surface area contributed by atoms with Crippen LogP contribution in [0.4, 0.5) is 11.6 Å². The first-order valence-corrected chi connectivity index (χ1v) is 12.1. The Morgan fingerprint density at radius 3 is 2.53 bits per heavy atom. The molecule has 1 atom stereocenters. The Hall–Kier alpha value is -4.86. The van der Waals surface area contributed by atoms with Gasteiger partial charge in [0.1, 0.15) is 11.8 Å². The number of ether oxygens (including phenoxy) is 3. The third-order valence-corrected chi connectivity index (χ3v) is 6.19. The molecule has 194 valence electrons. The molecule has 0 bridgehead atoms. The van der Waals surface area contributed by atoms with Crippen LogP contribution in [-0.4, -0.2) is 46.5 Å². The van der Waals surface area contributed by atoms with Crippen molar-refractivity contribution in [1.82, 2.24) is 19.7 Å². The molecule has 0 spiro atoms. The topological polar surface area (TPSA) is 112 Å². The molecule has 0 radical (unpaired) electrons. The van der Waals surface area contributed by atoms with Gasteiger partial charge >= 0.3 is 0 Å². The fraction of sp³-hybridized carbons (Fsp3) is 0.214. The van der Waals surface area contributed by atoms with Crippen molar-refractivity contribution in [3.63, 3.8) is 0 Å². The molecule has 1 aliphatic rings. The first-order valence-electron chi connectivity index (χ1n) is 12.1. The molecule has 0 fully saturated rings. The lowest BCUT2D eigenvalue weighted by Crippen LogP contribution is -2.31. The van der Waals surface area contributed by atoms with E-state index in [4.69, 9.17) is 24.3 Å². The third-order valence-electron chi connectivity index (χ3n) is 6.19. The molecule has 10 nitrogen and oxygen atoms in total. The summed E-state index contributed by atoms with van der Waals surface area (Å²) < 4.78 is 18.5. The molecule has 10 heteroatoms. The number of hydrogen-bond donors (Lipinski definition) is 2. The van der Waals surface area contributed by atoms with E-state index in [0.29, 0.717) is 52.6 Å². The van der Waals surface area contributed by atoms with Crippen LogP contribution in [0.15, 0.2) is 78.3 Å². The van der Waals surface area contributed by atoms with Crippen LogP contribution in [0.25, 0.3) is 11.4 Å². The Balaban J connectivity index is 1.63. The predicted molar refractivity (Wildman–Crippen MR) is 144 cm³/mol. The van der Waals surface area contributed by atoms with Crippen LogP contribution in [0, 0.1) is 0 Å². The van der Waals surface area contributed by atoms with Gasteiger partial charge in [0.2, 0.25) is 5.95 Å². The fourth-order valence-corrected chi connectivity index (χ4v) is 4.44. The Labute approximate surface area is 220 Å². The molecule has 1 amide bonds. The van der Waals surface area contributed by atoms with Crippen molar-refractivity contribution in [1.29, 1.82) is 0 Å². The summed E-state index contributed by atoms with van der Waals surface area (Å²) in [7, 11) is 3.15.